The molecule has 1 atom stereocenters. The van der Waals surface area contributed by atoms with Crippen LogP contribution in [-0.4, -0.2) is 28.6 Å². The molecule has 98 valence electrons. The van der Waals surface area contributed by atoms with Crippen molar-refractivity contribution in [1.82, 2.24) is 10.1 Å². The van der Waals surface area contributed by atoms with E-state index in [2.05, 4.69) is 31.2 Å². The van der Waals surface area contributed by atoms with Gasteiger partial charge in [0.1, 0.15) is 11.3 Å². The fourth-order valence-electron chi connectivity index (χ4n) is 2.42. The summed E-state index contributed by atoms with van der Waals surface area (Å²) in [5.74, 6) is 1.07. The Morgan fingerprint density at radius 1 is 1.61 bits per heavy atom. The van der Waals surface area contributed by atoms with Crippen LogP contribution in [-0.2, 0) is 6.42 Å². The summed E-state index contributed by atoms with van der Waals surface area (Å²) in [7, 11) is 0. The molecule has 0 saturated heterocycles. The Labute approximate surface area is 108 Å². The average Bonchev–Trinajstić information content (AvgIpc) is 2.94. The van der Waals surface area contributed by atoms with Crippen LogP contribution in [0.25, 0.3) is 0 Å². The molecule has 4 nitrogen and oxygen atoms in total. The molecule has 0 aromatic carbocycles. The Morgan fingerprint density at radius 3 is 2.94 bits per heavy atom. The molecule has 0 fully saturated rings. The van der Waals surface area contributed by atoms with Gasteiger partial charge in [0.05, 0.1) is 11.7 Å². The van der Waals surface area contributed by atoms with E-state index in [9.17, 15) is 4.79 Å². The molecule has 0 spiro atoms. The van der Waals surface area contributed by atoms with Gasteiger partial charge in [0.15, 0.2) is 0 Å². The van der Waals surface area contributed by atoms with Gasteiger partial charge in [-0.2, -0.15) is 0 Å². The van der Waals surface area contributed by atoms with Crippen LogP contribution in [0.5, 0.6) is 0 Å². The number of carbonyl (C=O) groups is 1. The quantitative estimate of drug-likeness (QED) is 0.772. The van der Waals surface area contributed by atoms with E-state index in [4.69, 9.17) is 4.52 Å². The smallest absolute Gasteiger partial charge is 0.260 e. The minimum absolute atomic E-state index is 0.0364. The maximum atomic E-state index is 12.6. The number of aromatic nitrogens is 1. The zero-order valence-electron chi connectivity index (χ0n) is 11.4. The second-order valence-corrected chi connectivity index (χ2v) is 5.03. The lowest BCUT2D eigenvalue weighted by Gasteiger charge is -2.27. The highest BCUT2D eigenvalue weighted by atomic mass is 16.5. The number of aryl methyl sites for hydroxylation is 2. The van der Waals surface area contributed by atoms with E-state index in [-0.39, 0.29) is 11.9 Å². The zero-order chi connectivity index (χ0) is 13.3. The van der Waals surface area contributed by atoms with Crippen LogP contribution >= 0.6 is 0 Å². The molecule has 0 N–H and O–H groups in total. The summed E-state index contributed by atoms with van der Waals surface area (Å²) >= 11 is 0. The van der Waals surface area contributed by atoms with Gasteiger partial charge in [0.2, 0.25) is 0 Å². The Kier molecular flexibility index (Phi) is 3.55. The lowest BCUT2D eigenvalue weighted by molar-refractivity contribution is 0.0718. The van der Waals surface area contributed by atoms with Gasteiger partial charge in [0, 0.05) is 6.54 Å². The molecule has 1 aliphatic heterocycles. The fraction of sp³-hybridized carbons (Fsp3) is 0.571. The molecular weight excluding hydrogens is 228 g/mol. The number of rotatable bonds is 3. The number of carbonyl (C=O) groups excluding carboxylic acids is 1. The van der Waals surface area contributed by atoms with Gasteiger partial charge in [-0.1, -0.05) is 38.1 Å². The van der Waals surface area contributed by atoms with E-state index in [0.29, 0.717) is 30.2 Å². The molecule has 1 aromatic rings. The Hall–Kier alpha value is -1.58. The van der Waals surface area contributed by atoms with Crippen molar-refractivity contribution in [1.29, 1.82) is 0 Å². The molecule has 1 aromatic heterocycles. The number of hydrogen-bond donors (Lipinski definition) is 0. The standard InChI is InChI=1S/C14H20N2O2/c1-5-11-13(10(4)18-15-11)14(17)16-8-6-7-12(16)9(2)3/h6-7,9,12H,5,8H2,1-4H3/t12-/m0/s1. The van der Waals surface area contributed by atoms with Crippen molar-refractivity contribution in [2.45, 2.75) is 40.2 Å². The second-order valence-electron chi connectivity index (χ2n) is 5.03. The van der Waals surface area contributed by atoms with Crippen molar-refractivity contribution in [3.8, 4) is 0 Å². The third kappa shape index (κ3) is 2.07. The van der Waals surface area contributed by atoms with Crippen molar-refractivity contribution in [3.63, 3.8) is 0 Å². The van der Waals surface area contributed by atoms with Crippen molar-refractivity contribution < 1.29 is 9.32 Å². The first-order valence-corrected chi connectivity index (χ1v) is 6.49. The van der Waals surface area contributed by atoms with E-state index in [1.165, 1.54) is 0 Å². The van der Waals surface area contributed by atoms with Crippen LogP contribution in [0.1, 0.15) is 42.6 Å². The van der Waals surface area contributed by atoms with Crippen LogP contribution < -0.4 is 0 Å². The third-order valence-electron chi connectivity index (χ3n) is 3.42. The molecule has 1 amide bonds. The lowest BCUT2D eigenvalue weighted by atomic mass is 10.0. The van der Waals surface area contributed by atoms with E-state index < -0.39 is 0 Å². The van der Waals surface area contributed by atoms with Gasteiger partial charge < -0.3 is 9.42 Å². The first-order chi connectivity index (χ1) is 8.56. The SMILES string of the molecule is CCc1noc(C)c1C(=O)N1CC=C[C@H]1C(C)C. The third-order valence-corrected chi connectivity index (χ3v) is 3.42. The molecule has 1 aliphatic rings. The van der Waals surface area contributed by atoms with E-state index >= 15 is 0 Å². The van der Waals surface area contributed by atoms with Gasteiger partial charge in [-0.15, -0.1) is 0 Å². The van der Waals surface area contributed by atoms with Crippen molar-refractivity contribution in [3.05, 3.63) is 29.2 Å². The summed E-state index contributed by atoms with van der Waals surface area (Å²) in [5.41, 5.74) is 1.40. The Balaban J connectivity index is 2.29. The maximum absolute atomic E-state index is 12.6. The highest BCUT2D eigenvalue weighted by Crippen LogP contribution is 2.23. The normalized spacial score (nSPS) is 18.9. The maximum Gasteiger partial charge on any atom is 0.260 e. The van der Waals surface area contributed by atoms with E-state index in [1.54, 1.807) is 6.92 Å². The second kappa shape index (κ2) is 4.96. The van der Waals surface area contributed by atoms with Gasteiger partial charge in [-0.3, -0.25) is 4.79 Å². The Bertz CT molecular complexity index is 474. The predicted molar refractivity (Wildman–Crippen MR) is 69.4 cm³/mol. The Morgan fingerprint density at radius 2 is 2.33 bits per heavy atom. The molecule has 4 heteroatoms. The first kappa shape index (κ1) is 12.9. The minimum atomic E-state index is 0.0364. The molecular formula is C14H20N2O2. The molecule has 2 rings (SSSR count). The van der Waals surface area contributed by atoms with Gasteiger partial charge in [0.25, 0.3) is 5.91 Å². The number of amides is 1. The summed E-state index contributed by atoms with van der Waals surface area (Å²) in [4.78, 5) is 14.5. The van der Waals surface area contributed by atoms with E-state index in [0.717, 1.165) is 5.69 Å². The lowest BCUT2D eigenvalue weighted by Crippen LogP contribution is -2.39. The highest BCUT2D eigenvalue weighted by molar-refractivity contribution is 5.96. The molecule has 2 heterocycles. The predicted octanol–water partition coefficient (Wildman–Crippen LogP) is 2.58. The van der Waals surface area contributed by atoms with Gasteiger partial charge >= 0.3 is 0 Å². The summed E-state index contributed by atoms with van der Waals surface area (Å²) in [6.45, 7) is 8.71. The molecule has 0 radical (unpaired) electrons. The van der Waals surface area contributed by atoms with Crippen molar-refractivity contribution in [2.24, 2.45) is 5.92 Å². The van der Waals surface area contributed by atoms with Gasteiger partial charge in [-0.05, 0) is 19.3 Å². The summed E-state index contributed by atoms with van der Waals surface area (Å²) < 4.78 is 5.15. The van der Waals surface area contributed by atoms with Crippen LogP contribution in [0.2, 0.25) is 0 Å². The molecule has 0 bridgehead atoms. The summed E-state index contributed by atoms with van der Waals surface area (Å²) in [5, 5.41) is 3.95. The molecule has 18 heavy (non-hydrogen) atoms. The van der Waals surface area contributed by atoms with Crippen molar-refractivity contribution in [2.75, 3.05) is 6.54 Å². The van der Waals surface area contributed by atoms with Crippen LogP contribution in [0, 0.1) is 12.8 Å². The minimum Gasteiger partial charge on any atom is -0.361 e. The number of nitrogens with zero attached hydrogens (tertiary/aromatic N) is 2. The highest BCUT2D eigenvalue weighted by Gasteiger charge is 2.31. The topological polar surface area (TPSA) is 46.3 Å². The fourth-order valence-corrected chi connectivity index (χ4v) is 2.42. The molecule has 0 unspecified atom stereocenters. The van der Waals surface area contributed by atoms with Crippen LogP contribution in [0.4, 0.5) is 0 Å². The molecule has 0 aliphatic carbocycles. The first-order valence-electron chi connectivity index (χ1n) is 6.49. The van der Waals surface area contributed by atoms with E-state index in [1.807, 2.05) is 11.8 Å². The van der Waals surface area contributed by atoms with Crippen LogP contribution in [0.3, 0.4) is 0 Å². The zero-order valence-corrected chi connectivity index (χ0v) is 11.4. The number of hydrogen-bond acceptors (Lipinski definition) is 3. The van der Waals surface area contributed by atoms with Crippen LogP contribution in [0.15, 0.2) is 16.7 Å². The largest absolute Gasteiger partial charge is 0.361 e. The van der Waals surface area contributed by atoms with Gasteiger partial charge in [-0.25, -0.2) is 0 Å². The average molecular weight is 248 g/mol. The summed E-state index contributed by atoms with van der Waals surface area (Å²) in [6, 6.07) is 0.177. The monoisotopic (exact) mass is 248 g/mol. The summed E-state index contributed by atoms with van der Waals surface area (Å²) in [6.07, 6.45) is 4.88. The molecule has 0 saturated carbocycles. The van der Waals surface area contributed by atoms with Crippen molar-refractivity contribution >= 4 is 5.91 Å².